The molecule has 20 heavy (non-hydrogen) atoms. The van der Waals surface area contributed by atoms with Crippen molar-refractivity contribution in [1.82, 2.24) is 10.2 Å². The second kappa shape index (κ2) is 8.38. The van der Waals surface area contributed by atoms with Crippen molar-refractivity contribution >= 4 is 12.0 Å². The zero-order valence-corrected chi connectivity index (χ0v) is 11.7. The molecule has 0 aromatic heterocycles. The molecule has 0 spiro atoms. The Morgan fingerprint density at radius 3 is 2.80 bits per heavy atom. The van der Waals surface area contributed by atoms with Crippen molar-refractivity contribution in [3.8, 4) is 6.07 Å². The summed E-state index contributed by atoms with van der Waals surface area (Å²) in [5, 5.41) is 20.5. The van der Waals surface area contributed by atoms with Gasteiger partial charge in [0, 0.05) is 26.2 Å². The molecule has 1 saturated carbocycles. The molecule has 112 valence electrons. The van der Waals surface area contributed by atoms with Gasteiger partial charge in [-0.15, -0.1) is 0 Å². The molecule has 1 aliphatic carbocycles. The normalized spacial score (nSPS) is 21.2. The lowest BCUT2D eigenvalue weighted by atomic mass is 10.0. The number of amides is 2. The highest BCUT2D eigenvalue weighted by atomic mass is 16.5. The van der Waals surface area contributed by atoms with Gasteiger partial charge in [-0.05, 0) is 12.8 Å². The molecule has 0 aromatic rings. The van der Waals surface area contributed by atoms with E-state index < -0.39 is 11.9 Å². The van der Waals surface area contributed by atoms with Gasteiger partial charge in [0.15, 0.2) is 0 Å². The standard InChI is InChI=1S/C13H21N3O4/c1-20-9-8-16(7-3-6-14)13(19)15-11-5-2-4-10(11)12(17)18/h10-11H,2-5,7-9H2,1H3,(H,15,19)(H,17,18). The topological polar surface area (TPSA) is 103 Å². The molecule has 0 bridgehead atoms. The number of carbonyl (C=O) groups is 2. The zero-order valence-electron chi connectivity index (χ0n) is 11.7. The highest BCUT2D eigenvalue weighted by Crippen LogP contribution is 2.25. The highest BCUT2D eigenvalue weighted by Gasteiger charge is 2.34. The van der Waals surface area contributed by atoms with Crippen molar-refractivity contribution in [2.75, 3.05) is 26.8 Å². The number of carboxylic acid groups (broad SMARTS) is 1. The first kappa shape index (κ1) is 16.2. The summed E-state index contributed by atoms with van der Waals surface area (Å²) < 4.78 is 4.93. The van der Waals surface area contributed by atoms with Gasteiger partial charge < -0.3 is 20.1 Å². The highest BCUT2D eigenvalue weighted by molar-refractivity contribution is 5.77. The first-order valence-electron chi connectivity index (χ1n) is 6.74. The van der Waals surface area contributed by atoms with Crippen molar-refractivity contribution in [3.05, 3.63) is 0 Å². The lowest BCUT2D eigenvalue weighted by molar-refractivity contribution is -0.142. The van der Waals surface area contributed by atoms with E-state index in [0.29, 0.717) is 32.5 Å². The molecular weight excluding hydrogens is 262 g/mol. The number of hydrogen-bond donors (Lipinski definition) is 2. The summed E-state index contributed by atoms with van der Waals surface area (Å²) in [7, 11) is 1.54. The minimum atomic E-state index is -0.867. The molecule has 0 aliphatic heterocycles. The molecule has 7 nitrogen and oxygen atoms in total. The van der Waals surface area contributed by atoms with E-state index in [0.717, 1.165) is 6.42 Å². The van der Waals surface area contributed by atoms with E-state index in [9.17, 15) is 9.59 Å². The summed E-state index contributed by atoms with van der Waals surface area (Å²) >= 11 is 0. The Balaban J connectivity index is 2.55. The molecule has 2 N–H and O–H groups in total. The minimum absolute atomic E-state index is 0.240. The summed E-state index contributed by atoms with van der Waals surface area (Å²) in [5.41, 5.74) is 0. The van der Waals surface area contributed by atoms with E-state index in [1.807, 2.05) is 6.07 Å². The van der Waals surface area contributed by atoms with Crippen LogP contribution in [-0.2, 0) is 9.53 Å². The van der Waals surface area contributed by atoms with Crippen molar-refractivity contribution in [2.24, 2.45) is 5.92 Å². The third-order valence-corrected chi connectivity index (χ3v) is 3.49. The molecule has 2 unspecified atom stereocenters. The van der Waals surface area contributed by atoms with Gasteiger partial charge in [0.25, 0.3) is 0 Å². The fourth-order valence-electron chi connectivity index (χ4n) is 2.38. The molecule has 1 fully saturated rings. The quantitative estimate of drug-likeness (QED) is 0.719. The fraction of sp³-hybridized carbons (Fsp3) is 0.769. The third kappa shape index (κ3) is 4.70. The van der Waals surface area contributed by atoms with E-state index in [1.165, 1.54) is 12.0 Å². The number of rotatable bonds is 7. The summed E-state index contributed by atoms with van der Waals surface area (Å²) in [6.07, 6.45) is 2.32. The maximum absolute atomic E-state index is 12.1. The van der Waals surface area contributed by atoms with Crippen LogP contribution in [0, 0.1) is 17.2 Å². The van der Waals surface area contributed by atoms with Gasteiger partial charge in [-0.3, -0.25) is 4.79 Å². The largest absolute Gasteiger partial charge is 0.481 e. The maximum Gasteiger partial charge on any atom is 0.317 e. The number of nitriles is 1. The van der Waals surface area contributed by atoms with Crippen LogP contribution < -0.4 is 5.32 Å². The number of methoxy groups -OCH3 is 1. The predicted octanol–water partition coefficient (Wildman–Crippen LogP) is 0.811. The molecule has 0 aromatic carbocycles. The van der Waals surface area contributed by atoms with Crippen LogP contribution in [0.4, 0.5) is 4.79 Å². The number of nitrogens with one attached hydrogen (secondary N) is 1. The average Bonchev–Trinajstić information content (AvgIpc) is 2.87. The van der Waals surface area contributed by atoms with Crippen LogP contribution in [0.1, 0.15) is 25.7 Å². The van der Waals surface area contributed by atoms with Crippen LogP contribution in [0.25, 0.3) is 0 Å². The number of ether oxygens (including phenoxy) is 1. The fourth-order valence-corrected chi connectivity index (χ4v) is 2.38. The van der Waals surface area contributed by atoms with E-state index in [2.05, 4.69) is 5.32 Å². The van der Waals surface area contributed by atoms with Crippen molar-refractivity contribution in [2.45, 2.75) is 31.7 Å². The Morgan fingerprint density at radius 2 is 2.20 bits per heavy atom. The third-order valence-electron chi connectivity index (χ3n) is 3.49. The SMILES string of the molecule is COCCN(CCC#N)C(=O)NC1CCCC1C(=O)O. The van der Waals surface area contributed by atoms with Crippen molar-refractivity contribution in [3.63, 3.8) is 0 Å². The molecule has 1 rings (SSSR count). The van der Waals surface area contributed by atoms with Crippen LogP contribution in [-0.4, -0.2) is 54.9 Å². The van der Waals surface area contributed by atoms with Gasteiger partial charge in [0.05, 0.1) is 25.0 Å². The summed E-state index contributed by atoms with van der Waals surface area (Å²) in [6, 6.07) is 1.34. The molecule has 0 radical (unpaired) electrons. The Kier molecular flexibility index (Phi) is 6.81. The van der Waals surface area contributed by atoms with Crippen LogP contribution in [0.15, 0.2) is 0 Å². The molecule has 0 heterocycles. The number of carbonyl (C=O) groups excluding carboxylic acids is 1. The monoisotopic (exact) mass is 283 g/mol. The van der Waals surface area contributed by atoms with Crippen LogP contribution in [0.3, 0.4) is 0 Å². The number of nitrogens with zero attached hydrogens (tertiary/aromatic N) is 2. The Labute approximate surface area is 118 Å². The predicted molar refractivity (Wildman–Crippen MR) is 71.0 cm³/mol. The average molecular weight is 283 g/mol. The summed E-state index contributed by atoms with van der Waals surface area (Å²) in [4.78, 5) is 24.7. The van der Waals surface area contributed by atoms with Gasteiger partial charge >= 0.3 is 12.0 Å². The van der Waals surface area contributed by atoms with E-state index >= 15 is 0 Å². The van der Waals surface area contributed by atoms with E-state index in [-0.39, 0.29) is 18.5 Å². The molecule has 7 heteroatoms. The summed E-state index contributed by atoms with van der Waals surface area (Å²) in [6.45, 7) is 1.08. The lowest BCUT2D eigenvalue weighted by Gasteiger charge is -2.25. The lowest BCUT2D eigenvalue weighted by Crippen LogP contribution is -2.48. The van der Waals surface area contributed by atoms with Gasteiger partial charge in [-0.25, -0.2) is 4.79 Å². The van der Waals surface area contributed by atoms with Gasteiger partial charge in [0.2, 0.25) is 0 Å². The first-order chi connectivity index (χ1) is 9.60. The van der Waals surface area contributed by atoms with Crippen molar-refractivity contribution in [1.29, 1.82) is 5.26 Å². The van der Waals surface area contributed by atoms with Gasteiger partial charge in [-0.1, -0.05) is 6.42 Å². The first-order valence-corrected chi connectivity index (χ1v) is 6.74. The van der Waals surface area contributed by atoms with E-state index in [4.69, 9.17) is 15.1 Å². The molecule has 1 aliphatic rings. The smallest absolute Gasteiger partial charge is 0.317 e. The van der Waals surface area contributed by atoms with Crippen LogP contribution >= 0.6 is 0 Å². The number of hydrogen-bond acceptors (Lipinski definition) is 4. The minimum Gasteiger partial charge on any atom is -0.481 e. The van der Waals surface area contributed by atoms with Gasteiger partial charge in [0.1, 0.15) is 0 Å². The Bertz CT molecular complexity index is 380. The second-order valence-corrected chi connectivity index (χ2v) is 4.82. The number of aliphatic carboxylic acids is 1. The molecule has 0 saturated heterocycles. The number of carboxylic acids is 1. The molecular formula is C13H21N3O4. The maximum atomic E-state index is 12.1. The summed E-state index contributed by atoms with van der Waals surface area (Å²) in [5.74, 6) is -1.38. The second-order valence-electron chi connectivity index (χ2n) is 4.82. The van der Waals surface area contributed by atoms with Crippen LogP contribution in [0.5, 0.6) is 0 Å². The Hall–Kier alpha value is -1.81. The van der Waals surface area contributed by atoms with Gasteiger partial charge in [-0.2, -0.15) is 5.26 Å². The van der Waals surface area contributed by atoms with Crippen molar-refractivity contribution < 1.29 is 19.4 Å². The van der Waals surface area contributed by atoms with Crippen LogP contribution in [0.2, 0.25) is 0 Å². The molecule has 2 amide bonds. The zero-order chi connectivity index (χ0) is 15.0. The molecule has 2 atom stereocenters. The number of urea groups is 1. The van der Waals surface area contributed by atoms with E-state index in [1.54, 1.807) is 0 Å². The Morgan fingerprint density at radius 1 is 1.45 bits per heavy atom.